The second-order valence-corrected chi connectivity index (χ2v) is 6.42. The third-order valence-corrected chi connectivity index (χ3v) is 4.95. The Labute approximate surface area is 124 Å². The predicted molar refractivity (Wildman–Crippen MR) is 85.0 cm³/mol. The lowest BCUT2D eigenvalue weighted by molar-refractivity contribution is 0.174. The molecule has 0 amide bonds. The Balaban J connectivity index is 2.23. The van der Waals surface area contributed by atoms with Gasteiger partial charge in [0.1, 0.15) is 11.5 Å². The van der Waals surface area contributed by atoms with Gasteiger partial charge in [-0.15, -0.1) is 0 Å². The van der Waals surface area contributed by atoms with Crippen molar-refractivity contribution in [2.24, 2.45) is 11.8 Å². The summed E-state index contributed by atoms with van der Waals surface area (Å²) in [6.45, 7) is 9.88. The number of aryl methyl sites for hydroxylation is 2. The minimum Gasteiger partial charge on any atom is -0.466 e. The van der Waals surface area contributed by atoms with Crippen LogP contribution >= 0.6 is 0 Å². The fraction of sp³-hybridized carbons (Fsp3) is 0.778. The highest BCUT2D eigenvalue weighted by molar-refractivity contribution is 5.25. The Kier molecular flexibility index (Phi) is 5.71. The number of furan rings is 1. The highest BCUT2D eigenvalue weighted by atomic mass is 16.3. The van der Waals surface area contributed by atoms with E-state index in [0.717, 1.165) is 29.9 Å². The first-order valence-corrected chi connectivity index (χ1v) is 8.47. The van der Waals surface area contributed by atoms with Crippen molar-refractivity contribution in [2.45, 2.75) is 72.3 Å². The third kappa shape index (κ3) is 3.46. The summed E-state index contributed by atoms with van der Waals surface area (Å²) in [5, 5.41) is 3.81. The minimum atomic E-state index is 0.484. The van der Waals surface area contributed by atoms with Crippen molar-refractivity contribution in [3.63, 3.8) is 0 Å². The largest absolute Gasteiger partial charge is 0.466 e. The van der Waals surface area contributed by atoms with E-state index in [1.807, 2.05) is 0 Å². The summed E-state index contributed by atoms with van der Waals surface area (Å²) in [5.41, 5.74) is 1.40. The highest BCUT2D eigenvalue weighted by Gasteiger charge is 2.33. The van der Waals surface area contributed by atoms with E-state index in [2.05, 4.69) is 39.1 Å². The van der Waals surface area contributed by atoms with Gasteiger partial charge in [0, 0.05) is 11.6 Å². The van der Waals surface area contributed by atoms with Gasteiger partial charge in [-0.3, -0.25) is 0 Å². The topological polar surface area (TPSA) is 25.2 Å². The first kappa shape index (κ1) is 15.6. The van der Waals surface area contributed by atoms with Gasteiger partial charge in [-0.05, 0) is 51.1 Å². The second-order valence-electron chi connectivity index (χ2n) is 6.42. The van der Waals surface area contributed by atoms with E-state index in [1.165, 1.54) is 44.1 Å². The zero-order valence-corrected chi connectivity index (χ0v) is 13.7. The predicted octanol–water partition coefficient (Wildman–Crippen LogP) is 5.15. The molecule has 2 nitrogen and oxygen atoms in total. The van der Waals surface area contributed by atoms with Crippen molar-refractivity contribution < 1.29 is 4.42 Å². The average Bonchev–Trinajstić information content (AvgIpc) is 2.79. The molecular formula is C18H31NO. The van der Waals surface area contributed by atoms with Gasteiger partial charge >= 0.3 is 0 Å². The summed E-state index contributed by atoms with van der Waals surface area (Å²) in [6, 6.07) is 2.74. The van der Waals surface area contributed by atoms with Crippen LogP contribution in [0.4, 0.5) is 0 Å². The van der Waals surface area contributed by atoms with Crippen molar-refractivity contribution >= 4 is 0 Å². The fourth-order valence-corrected chi connectivity index (χ4v) is 3.93. The molecule has 1 fully saturated rings. The summed E-state index contributed by atoms with van der Waals surface area (Å²) in [4.78, 5) is 0. The van der Waals surface area contributed by atoms with Crippen LogP contribution < -0.4 is 5.32 Å². The molecule has 1 aromatic rings. The van der Waals surface area contributed by atoms with Gasteiger partial charge in [-0.1, -0.05) is 39.5 Å². The van der Waals surface area contributed by atoms with Crippen molar-refractivity contribution in [1.82, 2.24) is 5.32 Å². The Morgan fingerprint density at radius 1 is 1.25 bits per heavy atom. The van der Waals surface area contributed by atoms with Crippen molar-refractivity contribution in [1.29, 1.82) is 0 Å². The fourth-order valence-electron chi connectivity index (χ4n) is 3.93. The number of hydrogen-bond acceptors (Lipinski definition) is 2. The maximum atomic E-state index is 5.80. The zero-order chi connectivity index (χ0) is 14.5. The van der Waals surface area contributed by atoms with Gasteiger partial charge in [-0.2, -0.15) is 0 Å². The lowest BCUT2D eigenvalue weighted by Crippen LogP contribution is -2.35. The van der Waals surface area contributed by atoms with E-state index < -0.39 is 0 Å². The Hall–Kier alpha value is -0.760. The molecule has 0 radical (unpaired) electrons. The molecule has 114 valence electrons. The summed E-state index contributed by atoms with van der Waals surface area (Å²) in [6.07, 6.45) is 8.08. The highest BCUT2D eigenvalue weighted by Crippen LogP contribution is 2.41. The second kappa shape index (κ2) is 7.31. The molecule has 1 aliphatic carbocycles. The monoisotopic (exact) mass is 277 g/mol. The molecule has 0 spiro atoms. The van der Waals surface area contributed by atoms with E-state index in [9.17, 15) is 0 Å². The number of hydrogen-bond donors (Lipinski definition) is 1. The van der Waals surface area contributed by atoms with Gasteiger partial charge in [-0.25, -0.2) is 0 Å². The molecule has 0 bridgehead atoms. The molecule has 1 heterocycles. The van der Waals surface area contributed by atoms with E-state index in [1.54, 1.807) is 0 Å². The molecule has 1 N–H and O–H groups in total. The first-order valence-electron chi connectivity index (χ1n) is 8.47. The molecule has 1 saturated carbocycles. The molecule has 1 aliphatic rings. The van der Waals surface area contributed by atoms with Gasteiger partial charge < -0.3 is 9.73 Å². The first-order chi connectivity index (χ1) is 9.67. The maximum Gasteiger partial charge on any atom is 0.105 e. The minimum absolute atomic E-state index is 0.484. The van der Waals surface area contributed by atoms with Gasteiger partial charge in [0.2, 0.25) is 0 Å². The molecule has 3 atom stereocenters. The van der Waals surface area contributed by atoms with Crippen molar-refractivity contribution in [2.75, 3.05) is 6.54 Å². The van der Waals surface area contributed by atoms with Crippen molar-refractivity contribution in [3.05, 3.63) is 23.2 Å². The molecule has 1 aromatic heterocycles. The van der Waals surface area contributed by atoms with E-state index in [4.69, 9.17) is 4.42 Å². The van der Waals surface area contributed by atoms with E-state index in [-0.39, 0.29) is 0 Å². The van der Waals surface area contributed by atoms with Crippen LogP contribution in [0.15, 0.2) is 10.5 Å². The lowest BCUT2D eigenvalue weighted by Gasteiger charge is -2.37. The molecule has 0 aromatic carbocycles. The lowest BCUT2D eigenvalue weighted by atomic mass is 9.72. The molecule has 0 saturated heterocycles. The zero-order valence-electron chi connectivity index (χ0n) is 13.7. The Morgan fingerprint density at radius 3 is 2.60 bits per heavy atom. The standard InChI is InChI=1S/C18H31NO/c1-5-11-19-18(17-12-13(3)20-14(17)4)16-10-8-7-9-15(16)6-2/h12,15-16,18-19H,5-11H2,1-4H3. The molecule has 3 unspecified atom stereocenters. The molecule has 2 heteroatoms. The van der Waals surface area contributed by atoms with Crippen LogP contribution in [0.2, 0.25) is 0 Å². The van der Waals surface area contributed by atoms with E-state index >= 15 is 0 Å². The van der Waals surface area contributed by atoms with Gasteiger partial charge in [0.15, 0.2) is 0 Å². The quantitative estimate of drug-likeness (QED) is 0.777. The SMILES string of the molecule is CCCNC(c1cc(C)oc1C)C1CCCCC1CC. The summed E-state index contributed by atoms with van der Waals surface area (Å²) >= 11 is 0. The number of nitrogens with one attached hydrogen (secondary N) is 1. The molecule has 20 heavy (non-hydrogen) atoms. The van der Waals surface area contributed by atoms with Gasteiger partial charge in [0.25, 0.3) is 0 Å². The number of rotatable bonds is 6. The Morgan fingerprint density at radius 2 is 2.00 bits per heavy atom. The maximum absolute atomic E-state index is 5.80. The smallest absolute Gasteiger partial charge is 0.105 e. The van der Waals surface area contributed by atoms with Crippen LogP contribution in [-0.4, -0.2) is 6.54 Å². The van der Waals surface area contributed by atoms with Crippen LogP contribution in [0.3, 0.4) is 0 Å². The molecule has 2 rings (SSSR count). The summed E-state index contributed by atoms with van der Waals surface area (Å²) in [7, 11) is 0. The van der Waals surface area contributed by atoms with Crippen LogP contribution in [0.25, 0.3) is 0 Å². The van der Waals surface area contributed by atoms with E-state index in [0.29, 0.717) is 6.04 Å². The van der Waals surface area contributed by atoms with Crippen LogP contribution in [0.1, 0.15) is 75.5 Å². The van der Waals surface area contributed by atoms with Crippen molar-refractivity contribution in [3.8, 4) is 0 Å². The third-order valence-electron chi connectivity index (χ3n) is 4.95. The van der Waals surface area contributed by atoms with Crippen LogP contribution in [0, 0.1) is 25.7 Å². The van der Waals surface area contributed by atoms with Gasteiger partial charge in [0.05, 0.1) is 0 Å². The van der Waals surface area contributed by atoms with Crippen LogP contribution in [0.5, 0.6) is 0 Å². The average molecular weight is 277 g/mol. The summed E-state index contributed by atoms with van der Waals surface area (Å²) < 4.78 is 5.80. The molecule has 0 aliphatic heterocycles. The molecular weight excluding hydrogens is 246 g/mol. The summed E-state index contributed by atoms with van der Waals surface area (Å²) in [5.74, 6) is 3.80. The van der Waals surface area contributed by atoms with Crippen LogP contribution in [-0.2, 0) is 0 Å². The normalized spacial score (nSPS) is 24.8. The Bertz CT molecular complexity index is 410.